The molecule has 27 heavy (non-hydrogen) atoms. The van der Waals surface area contributed by atoms with Gasteiger partial charge >= 0.3 is 0 Å². The predicted molar refractivity (Wildman–Crippen MR) is 104 cm³/mol. The minimum Gasteiger partial charge on any atom is -0.325 e. The number of carbonyl (C=O) groups excluding carboxylic acids is 1. The van der Waals surface area contributed by atoms with Gasteiger partial charge in [0.05, 0.1) is 22.6 Å². The molecule has 7 nitrogen and oxygen atoms in total. The fourth-order valence-electron chi connectivity index (χ4n) is 2.65. The first-order valence-corrected chi connectivity index (χ1v) is 9.20. The molecule has 1 aromatic heterocycles. The van der Waals surface area contributed by atoms with E-state index in [2.05, 4.69) is 26.9 Å². The molecule has 2 aromatic carbocycles. The molecule has 0 spiro atoms. The number of nitrogens with zero attached hydrogens (tertiary/aromatic N) is 5. The SMILES string of the molecule is Cc1cccc(C)c1-n1nnnc1SC(C)C(=O)Nc1cccc(C#N)c1. The van der Waals surface area contributed by atoms with Crippen LogP contribution >= 0.6 is 11.8 Å². The number of nitriles is 1. The second kappa shape index (κ2) is 8.01. The Morgan fingerprint density at radius 3 is 2.63 bits per heavy atom. The fourth-order valence-corrected chi connectivity index (χ4v) is 3.45. The number of tetrazole rings is 1. The van der Waals surface area contributed by atoms with Crippen LogP contribution in [0.2, 0.25) is 0 Å². The quantitative estimate of drug-likeness (QED) is 0.685. The zero-order valence-corrected chi connectivity index (χ0v) is 16.0. The molecule has 1 unspecified atom stereocenters. The molecule has 1 N–H and O–H groups in total. The van der Waals surface area contributed by atoms with Crippen LogP contribution in [0.5, 0.6) is 0 Å². The van der Waals surface area contributed by atoms with E-state index in [4.69, 9.17) is 5.26 Å². The highest BCUT2D eigenvalue weighted by atomic mass is 32.2. The van der Waals surface area contributed by atoms with Crippen LogP contribution in [0.25, 0.3) is 5.69 Å². The second-order valence-electron chi connectivity index (χ2n) is 6.06. The van der Waals surface area contributed by atoms with Gasteiger partial charge in [-0.1, -0.05) is 36.0 Å². The summed E-state index contributed by atoms with van der Waals surface area (Å²) in [7, 11) is 0. The van der Waals surface area contributed by atoms with E-state index in [1.54, 1.807) is 35.9 Å². The van der Waals surface area contributed by atoms with E-state index < -0.39 is 5.25 Å². The van der Waals surface area contributed by atoms with E-state index in [-0.39, 0.29) is 5.91 Å². The molecule has 0 fully saturated rings. The van der Waals surface area contributed by atoms with Gasteiger partial charge in [0.1, 0.15) is 0 Å². The number of rotatable bonds is 5. The van der Waals surface area contributed by atoms with Crippen molar-refractivity contribution in [1.82, 2.24) is 20.2 Å². The maximum absolute atomic E-state index is 12.5. The zero-order valence-electron chi connectivity index (χ0n) is 15.2. The standard InChI is InChI=1S/C19H18N6OS/c1-12-6-4-7-13(2)17(12)25-19(22-23-24-25)27-14(3)18(26)21-16-9-5-8-15(10-16)11-20/h4-10,14H,1-3H3,(H,21,26). The van der Waals surface area contributed by atoms with E-state index in [1.807, 2.05) is 32.0 Å². The molecule has 0 aliphatic heterocycles. The molecule has 1 heterocycles. The van der Waals surface area contributed by atoms with Gasteiger partial charge in [0.2, 0.25) is 11.1 Å². The van der Waals surface area contributed by atoms with Gasteiger partial charge in [-0.05, 0) is 60.5 Å². The van der Waals surface area contributed by atoms with E-state index in [0.29, 0.717) is 16.4 Å². The summed E-state index contributed by atoms with van der Waals surface area (Å²) in [6.07, 6.45) is 0. The lowest BCUT2D eigenvalue weighted by atomic mass is 10.1. The Kier molecular flexibility index (Phi) is 5.52. The number of carbonyl (C=O) groups is 1. The minimum absolute atomic E-state index is 0.189. The molecule has 1 amide bonds. The molecule has 0 aliphatic rings. The Morgan fingerprint density at radius 2 is 1.93 bits per heavy atom. The summed E-state index contributed by atoms with van der Waals surface area (Å²) >= 11 is 1.28. The van der Waals surface area contributed by atoms with Crippen LogP contribution in [0.4, 0.5) is 5.69 Å². The summed E-state index contributed by atoms with van der Waals surface area (Å²) in [5.41, 5.74) is 4.09. The highest BCUT2D eigenvalue weighted by molar-refractivity contribution is 8.00. The van der Waals surface area contributed by atoms with Gasteiger partial charge in [-0.15, -0.1) is 5.10 Å². The number of hydrogen-bond acceptors (Lipinski definition) is 6. The molecule has 0 aliphatic carbocycles. The molecule has 0 saturated carbocycles. The van der Waals surface area contributed by atoms with Crippen LogP contribution in [-0.2, 0) is 4.79 Å². The van der Waals surface area contributed by atoms with Crippen molar-refractivity contribution in [3.8, 4) is 11.8 Å². The first kappa shape index (κ1) is 18.6. The van der Waals surface area contributed by atoms with Crippen LogP contribution in [0.1, 0.15) is 23.6 Å². The van der Waals surface area contributed by atoms with Crippen molar-refractivity contribution >= 4 is 23.4 Å². The Balaban J connectivity index is 1.77. The molecule has 3 aromatic rings. The highest BCUT2D eigenvalue weighted by Crippen LogP contribution is 2.26. The van der Waals surface area contributed by atoms with E-state index >= 15 is 0 Å². The van der Waals surface area contributed by atoms with E-state index in [9.17, 15) is 4.79 Å². The highest BCUT2D eigenvalue weighted by Gasteiger charge is 2.20. The third-order valence-corrected chi connectivity index (χ3v) is 5.04. The summed E-state index contributed by atoms with van der Waals surface area (Å²) < 4.78 is 1.66. The first-order valence-electron chi connectivity index (χ1n) is 8.32. The van der Waals surface area contributed by atoms with Crippen LogP contribution in [-0.4, -0.2) is 31.4 Å². The molecule has 3 rings (SSSR count). The average Bonchev–Trinajstić information content (AvgIpc) is 3.09. The summed E-state index contributed by atoms with van der Waals surface area (Å²) in [6.45, 7) is 5.78. The maximum atomic E-state index is 12.5. The molecule has 136 valence electrons. The number of para-hydroxylation sites is 1. The lowest BCUT2D eigenvalue weighted by Crippen LogP contribution is -2.23. The summed E-state index contributed by atoms with van der Waals surface area (Å²) in [5, 5.41) is 23.8. The Hall–Kier alpha value is -3.18. The number of benzene rings is 2. The number of anilines is 1. The van der Waals surface area contributed by atoms with Crippen molar-refractivity contribution in [2.75, 3.05) is 5.32 Å². The molecule has 0 bridgehead atoms. The van der Waals surface area contributed by atoms with Gasteiger partial charge < -0.3 is 5.32 Å². The number of nitrogens with one attached hydrogen (secondary N) is 1. The molecule has 0 saturated heterocycles. The molecular formula is C19H18N6OS. The van der Waals surface area contributed by atoms with Crippen molar-refractivity contribution in [3.05, 3.63) is 59.2 Å². The third-order valence-electron chi connectivity index (χ3n) is 4.00. The number of aromatic nitrogens is 4. The smallest absolute Gasteiger partial charge is 0.237 e. The molecule has 1 atom stereocenters. The maximum Gasteiger partial charge on any atom is 0.237 e. The Morgan fingerprint density at radius 1 is 1.22 bits per heavy atom. The van der Waals surface area contributed by atoms with Gasteiger partial charge in [-0.2, -0.15) is 9.94 Å². The van der Waals surface area contributed by atoms with Crippen LogP contribution in [0, 0.1) is 25.2 Å². The summed E-state index contributed by atoms with van der Waals surface area (Å²) in [4.78, 5) is 12.5. The van der Waals surface area contributed by atoms with Gasteiger partial charge in [0, 0.05) is 5.69 Å². The monoisotopic (exact) mass is 378 g/mol. The van der Waals surface area contributed by atoms with E-state index in [1.165, 1.54) is 11.8 Å². The predicted octanol–water partition coefficient (Wildman–Crippen LogP) is 3.27. The van der Waals surface area contributed by atoms with E-state index in [0.717, 1.165) is 16.8 Å². The van der Waals surface area contributed by atoms with Gasteiger partial charge in [0.25, 0.3) is 0 Å². The van der Waals surface area contributed by atoms with Crippen LogP contribution in [0.15, 0.2) is 47.6 Å². The van der Waals surface area contributed by atoms with Crippen LogP contribution in [0.3, 0.4) is 0 Å². The van der Waals surface area contributed by atoms with Crippen molar-refractivity contribution in [3.63, 3.8) is 0 Å². The zero-order chi connectivity index (χ0) is 19.4. The van der Waals surface area contributed by atoms with Crippen molar-refractivity contribution in [1.29, 1.82) is 5.26 Å². The number of amides is 1. The molecule has 0 radical (unpaired) electrons. The number of aryl methyl sites for hydroxylation is 2. The van der Waals surface area contributed by atoms with Gasteiger partial charge in [0.15, 0.2) is 0 Å². The normalized spacial score (nSPS) is 11.6. The Labute approximate surface area is 161 Å². The van der Waals surface area contributed by atoms with Crippen molar-refractivity contribution in [2.45, 2.75) is 31.2 Å². The molecule has 8 heteroatoms. The van der Waals surface area contributed by atoms with Crippen molar-refractivity contribution in [2.24, 2.45) is 0 Å². The molecular weight excluding hydrogens is 360 g/mol. The third kappa shape index (κ3) is 4.15. The van der Waals surface area contributed by atoms with Crippen molar-refractivity contribution < 1.29 is 4.79 Å². The first-order chi connectivity index (χ1) is 13.0. The lowest BCUT2D eigenvalue weighted by molar-refractivity contribution is -0.115. The fraction of sp³-hybridized carbons (Fsp3) is 0.211. The minimum atomic E-state index is -0.426. The largest absolute Gasteiger partial charge is 0.325 e. The average molecular weight is 378 g/mol. The summed E-state index contributed by atoms with van der Waals surface area (Å²) in [5.74, 6) is -0.189. The van der Waals surface area contributed by atoms with Gasteiger partial charge in [-0.3, -0.25) is 4.79 Å². The Bertz CT molecular complexity index is 1000. The number of hydrogen-bond donors (Lipinski definition) is 1. The van der Waals surface area contributed by atoms with Crippen LogP contribution < -0.4 is 5.32 Å². The second-order valence-corrected chi connectivity index (χ2v) is 7.36. The lowest BCUT2D eigenvalue weighted by Gasteiger charge is -2.14. The number of thioether (sulfide) groups is 1. The topological polar surface area (TPSA) is 96.5 Å². The summed E-state index contributed by atoms with van der Waals surface area (Å²) in [6, 6.07) is 14.8. The van der Waals surface area contributed by atoms with Gasteiger partial charge in [-0.25, -0.2) is 0 Å².